The van der Waals surface area contributed by atoms with Crippen LogP contribution < -0.4 is 11.1 Å². The lowest BCUT2D eigenvalue weighted by molar-refractivity contribution is -0.133. The van der Waals surface area contributed by atoms with Gasteiger partial charge in [-0.2, -0.15) is 5.10 Å². The Morgan fingerprint density at radius 3 is 2.21 bits per heavy atom. The van der Waals surface area contributed by atoms with E-state index in [9.17, 15) is 22.4 Å². The van der Waals surface area contributed by atoms with Crippen molar-refractivity contribution in [1.29, 1.82) is 0 Å². The highest BCUT2D eigenvalue weighted by molar-refractivity contribution is 5.76. The lowest BCUT2D eigenvalue weighted by atomic mass is 9.79. The van der Waals surface area contributed by atoms with Gasteiger partial charge in [-0.15, -0.1) is 0 Å². The van der Waals surface area contributed by atoms with Gasteiger partial charge in [-0.3, -0.25) is 4.79 Å². The van der Waals surface area contributed by atoms with Crippen molar-refractivity contribution in [3.8, 4) is 0 Å². The highest BCUT2D eigenvalue weighted by Gasteiger charge is 2.45. The molecule has 0 radical (unpaired) electrons. The van der Waals surface area contributed by atoms with Crippen LogP contribution in [0.25, 0.3) is 5.65 Å². The third kappa shape index (κ3) is 8.91. The fraction of sp³-hybridized carbons (Fsp3) is 0.696. The molecule has 0 bridgehead atoms. The number of alkyl halides is 4. The van der Waals surface area contributed by atoms with Gasteiger partial charge < -0.3 is 11.1 Å². The summed E-state index contributed by atoms with van der Waals surface area (Å²) in [6.07, 6.45) is 10.3. The Bertz CT molecular complexity index is 897. The average Bonchev–Trinajstić information content (AvgIpc) is 3.57. The standard InChI is InChI=1S/C14H17F2N5O.C6H10F2.C3H6/c15-14(16)3-9(4-14)2-13(22)18-6-10-1-12-20-11(5-17)8-21(12)19-7-10;7-6(8)4-2-1-3-5-6;1-2-3-1/h1,7-9H,2-6,17H2,(H,18,22);1-5H2;1-3H2. The first-order valence-corrected chi connectivity index (χ1v) is 11.7. The van der Waals surface area contributed by atoms with Crippen molar-refractivity contribution >= 4 is 11.6 Å². The average molecular weight is 472 g/mol. The van der Waals surface area contributed by atoms with E-state index in [2.05, 4.69) is 15.4 Å². The molecule has 3 fully saturated rings. The molecular weight excluding hydrogens is 438 g/mol. The topological polar surface area (TPSA) is 85.3 Å². The number of nitrogens with zero attached hydrogens (tertiary/aromatic N) is 3. The van der Waals surface area contributed by atoms with Gasteiger partial charge >= 0.3 is 0 Å². The van der Waals surface area contributed by atoms with E-state index in [-0.39, 0.29) is 43.9 Å². The Labute approximate surface area is 191 Å². The van der Waals surface area contributed by atoms with Crippen LogP contribution in [0, 0.1) is 5.92 Å². The lowest BCUT2D eigenvalue weighted by Gasteiger charge is -2.34. The van der Waals surface area contributed by atoms with E-state index < -0.39 is 11.8 Å². The number of hydrogen-bond donors (Lipinski definition) is 2. The molecule has 1 amide bonds. The fourth-order valence-electron chi connectivity index (χ4n) is 3.69. The monoisotopic (exact) mass is 471 g/mol. The van der Waals surface area contributed by atoms with E-state index in [0.29, 0.717) is 31.6 Å². The fourth-order valence-corrected chi connectivity index (χ4v) is 3.69. The number of carbonyl (C=O) groups excluding carboxylic acids is 1. The minimum Gasteiger partial charge on any atom is -0.352 e. The summed E-state index contributed by atoms with van der Waals surface area (Å²) in [5.74, 6) is -5.33. The number of nitrogens with one attached hydrogen (secondary N) is 1. The number of nitrogens with two attached hydrogens (primary N) is 1. The smallest absolute Gasteiger partial charge is 0.248 e. The zero-order chi connectivity index (χ0) is 23.9. The largest absolute Gasteiger partial charge is 0.352 e. The predicted molar refractivity (Wildman–Crippen MR) is 117 cm³/mol. The van der Waals surface area contributed by atoms with Crippen molar-refractivity contribution in [2.45, 2.75) is 95.6 Å². The molecule has 2 aromatic rings. The summed E-state index contributed by atoms with van der Waals surface area (Å²) in [6.45, 7) is 0.637. The molecule has 33 heavy (non-hydrogen) atoms. The summed E-state index contributed by atoms with van der Waals surface area (Å²) in [7, 11) is 0. The van der Waals surface area contributed by atoms with Crippen molar-refractivity contribution in [3.05, 3.63) is 29.7 Å². The molecular formula is C23H33F4N5O. The molecule has 0 aliphatic heterocycles. The van der Waals surface area contributed by atoms with Crippen LogP contribution in [0.4, 0.5) is 17.6 Å². The molecule has 10 heteroatoms. The maximum atomic E-state index is 12.7. The minimum absolute atomic E-state index is 0.118. The Morgan fingerprint density at radius 2 is 1.70 bits per heavy atom. The first-order valence-electron chi connectivity index (χ1n) is 11.7. The quantitative estimate of drug-likeness (QED) is 0.602. The zero-order valence-corrected chi connectivity index (χ0v) is 18.8. The van der Waals surface area contributed by atoms with Crippen LogP contribution in [0.1, 0.15) is 81.9 Å². The summed E-state index contributed by atoms with van der Waals surface area (Å²) in [5.41, 5.74) is 7.71. The number of imidazole rings is 1. The molecule has 0 spiro atoms. The number of amides is 1. The van der Waals surface area contributed by atoms with Crippen molar-refractivity contribution in [3.63, 3.8) is 0 Å². The van der Waals surface area contributed by atoms with Gasteiger partial charge in [0.2, 0.25) is 17.8 Å². The number of rotatable bonds is 5. The molecule has 0 saturated heterocycles. The van der Waals surface area contributed by atoms with Crippen LogP contribution in [-0.4, -0.2) is 32.4 Å². The molecule has 0 unspecified atom stereocenters. The van der Waals surface area contributed by atoms with Crippen LogP contribution in [0.15, 0.2) is 18.5 Å². The van der Waals surface area contributed by atoms with Crippen LogP contribution in [0.2, 0.25) is 0 Å². The predicted octanol–water partition coefficient (Wildman–Crippen LogP) is 5.00. The van der Waals surface area contributed by atoms with Crippen molar-refractivity contribution in [2.24, 2.45) is 11.7 Å². The first kappa shape index (κ1) is 25.4. The van der Waals surface area contributed by atoms with E-state index in [1.54, 1.807) is 16.9 Å². The van der Waals surface area contributed by atoms with Crippen LogP contribution in [-0.2, 0) is 17.9 Å². The molecule has 2 heterocycles. The maximum Gasteiger partial charge on any atom is 0.248 e. The third-order valence-electron chi connectivity index (χ3n) is 5.71. The van der Waals surface area contributed by atoms with Crippen LogP contribution in [0.3, 0.4) is 0 Å². The molecule has 3 saturated carbocycles. The Morgan fingerprint density at radius 1 is 1.06 bits per heavy atom. The van der Waals surface area contributed by atoms with E-state index in [1.807, 2.05) is 6.07 Å². The third-order valence-corrected chi connectivity index (χ3v) is 5.71. The number of carbonyl (C=O) groups is 1. The molecule has 3 N–H and O–H groups in total. The van der Waals surface area contributed by atoms with Gasteiger partial charge in [0.05, 0.1) is 18.1 Å². The summed E-state index contributed by atoms with van der Waals surface area (Å²) < 4.78 is 51.4. The molecule has 3 aliphatic rings. The minimum atomic E-state index is -2.58. The molecule has 5 rings (SSSR count). The van der Waals surface area contributed by atoms with Crippen molar-refractivity contribution < 1.29 is 22.4 Å². The van der Waals surface area contributed by atoms with Gasteiger partial charge in [0.1, 0.15) is 0 Å². The first-order chi connectivity index (χ1) is 15.7. The van der Waals surface area contributed by atoms with E-state index in [4.69, 9.17) is 5.73 Å². The van der Waals surface area contributed by atoms with Gasteiger partial charge in [0.15, 0.2) is 5.65 Å². The van der Waals surface area contributed by atoms with Crippen LogP contribution >= 0.6 is 0 Å². The Hall–Kier alpha value is -2.23. The number of halogens is 4. The molecule has 184 valence electrons. The second-order valence-corrected chi connectivity index (χ2v) is 9.19. The molecule has 0 aromatic carbocycles. The van der Waals surface area contributed by atoms with Gasteiger partial charge in [-0.1, -0.05) is 25.7 Å². The lowest BCUT2D eigenvalue weighted by Crippen LogP contribution is -2.38. The Kier molecular flexibility index (Phi) is 8.67. The van der Waals surface area contributed by atoms with Gasteiger partial charge in [0, 0.05) is 45.2 Å². The van der Waals surface area contributed by atoms with Crippen molar-refractivity contribution in [2.75, 3.05) is 0 Å². The van der Waals surface area contributed by atoms with Gasteiger partial charge in [0.25, 0.3) is 0 Å². The van der Waals surface area contributed by atoms with E-state index >= 15 is 0 Å². The number of fused-ring (bicyclic) bond motifs is 1. The summed E-state index contributed by atoms with van der Waals surface area (Å²) in [6, 6.07) is 1.81. The number of hydrogen-bond acceptors (Lipinski definition) is 4. The number of aromatic nitrogens is 3. The van der Waals surface area contributed by atoms with Crippen LogP contribution in [0.5, 0.6) is 0 Å². The van der Waals surface area contributed by atoms with Crippen molar-refractivity contribution in [1.82, 2.24) is 19.9 Å². The van der Waals surface area contributed by atoms with Gasteiger partial charge in [-0.25, -0.2) is 27.1 Å². The molecule has 0 atom stereocenters. The van der Waals surface area contributed by atoms with E-state index in [1.165, 1.54) is 19.3 Å². The second kappa shape index (κ2) is 11.3. The zero-order valence-electron chi connectivity index (χ0n) is 18.8. The normalized spacial score (nSPS) is 20.5. The second-order valence-electron chi connectivity index (χ2n) is 9.19. The summed E-state index contributed by atoms with van der Waals surface area (Å²) in [5, 5.41) is 6.91. The SMILES string of the molecule is C1CC1.FC1(F)CCCCC1.NCc1cn2ncc(CNC(=O)CC3CC(F)(F)C3)cc2n1. The highest BCUT2D eigenvalue weighted by Crippen LogP contribution is 2.43. The summed E-state index contributed by atoms with van der Waals surface area (Å²) >= 11 is 0. The maximum absolute atomic E-state index is 12.7. The molecule has 3 aliphatic carbocycles. The molecule has 6 nitrogen and oxygen atoms in total. The van der Waals surface area contributed by atoms with Gasteiger partial charge in [-0.05, 0) is 30.4 Å². The molecule has 2 aromatic heterocycles. The highest BCUT2D eigenvalue weighted by atomic mass is 19.3. The van der Waals surface area contributed by atoms with E-state index in [0.717, 1.165) is 17.7 Å². The Balaban J connectivity index is 0.000000228. The summed E-state index contributed by atoms with van der Waals surface area (Å²) in [4.78, 5) is 16.0.